The third-order valence-corrected chi connectivity index (χ3v) is 4.40. The van der Waals surface area contributed by atoms with Crippen molar-refractivity contribution in [2.45, 2.75) is 6.42 Å². The van der Waals surface area contributed by atoms with Gasteiger partial charge in [0.15, 0.2) is 0 Å². The Kier molecular flexibility index (Phi) is 3.89. The van der Waals surface area contributed by atoms with Gasteiger partial charge in [0.05, 0.1) is 6.42 Å². The lowest BCUT2D eigenvalue weighted by atomic mass is 10.1. The zero-order valence-electron chi connectivity index (χ0n) is 14.0. The van der Waals surface area contributed by atoms with E-state index in [1.807, 2.05) is 48.5 Å². The summed E-state index contributed by atoms with van der Waals surface area (Å²) in [5.41, 5.74) is 7.92. The van der Waals surface area contributed by atoms with Crippen molar-refractivity contribution in [1.29, 1.82) is 0 Å². The number of aromatic amines is 1. The molecule has 4 N–H and O–H groups in total. The van der Waals surface area contributed by atoms with E-state index in [0.29, 0.717) is 16.9 Å². The second-order valence-electron chi connectivity index (χ2n) is 6.19. The fraction of sp³-hybridized carbons (Fsp3) is 0.0476. The quantitative estimate of drug-likeness (QED) is 0.528. The number of rotatable bonds is 4. The second kappa shape index (κ2) is 6.37. The number of H-pyrrole nitrogens is 1. The normalized spacial score (nSPS) is 10.9. The van der Waals surface area contributed by atoms with Gasteiger partial charge in [0.25, 0.3) is 5.91 Å². The van der Waals surface area contributed by atoms with E-state index in [4.69, 9.17) is 5.73 Å². The summed E-state index contributed by atoms with van der Waals surface area (Å²) in [6.07, 6.45) is 0.0772. The van der Waals surface area contributed by atoms with Crippen LogP contribution in [0.4, 0.5) is 5.69 Å². The van der Waals surface area contributed by atoms with Crippen molar-refractivity contribution >= 4 is 39.2 Å². The fourth-order valence-corrected chi connectivity index (χ4v) is 3.18. The highest BCUT2D eigenvalue weighted by Gasteiger charge is 2.13. The second-order valence-corrected chi connectivity index (χ2v) is 6.19. The van der Waals surface area contributed by atoms with Crippen LogP contribution in [0.5, 0.6) is 0 Å². The first-order valence-corrected chi connectivity index (χ1v) is 8.30. The van der Waals surface area contributed by atoms with E-state index < -0.39 is 5.91 Å². The minimum Gasteiger partial charge on any atom is -0.369 e. The molecule has 0 radical (unpaired) electrons. The number of nitrogens with one attached hydrogen (secondary N) is 2. The monoisotopic (exact) mass is 343 g/mol. The first kappa shape index (κ1) is 15.9. The lowest BCUT2D eigenvalue weighted by Crippen LogP contribution is -2.17. The molecule has 0 aliphatic heterocycles. The average molecular weight is 343 g/mol. The van der Waals surface area contributed by atoms with Gasteiger partial charge >= 0.3 is 0 Å². The summed E-state index contributed by atoms with van der Waals surface area (Å²) in [4.78, 5) is 27.1. The summed E-state index contributed by atoms with van der Waals surface area (Å²) in [5.74, 6) is -0.703. The highest BCUT2D eigenvalue weighted by atomic mass is 16.2. The summed E-state index contributed by atoms with van der Waals surface area (Å²) in [7, 11) is 0. The molecule has 0 fully saturated rings. The Morgan fingerprint density at radius 3 is 2.54 bits per heavy atom. The number of hydrogen-bond acceptors (Lipinski definition) is 2. The molecule has 1 heterocycles. The molecule has 0 saturated carbocycles. The molecule has 4 aromatic rings. The fourth-order valence-electron chi connectivity index (χ4n) is 3.18. The van der Waals surface area contributed by atoms with Gasteiger partial charge in [-0.05, 0) is 34.5 Å². The molecule has 1 aromatic heterocycles. The number of hydrogen-bond donors (Lipinski definition) is 3. The summed E-state index contributed by atoms with van der Waals surface area (Å²) < 4.78 is 0. The third-order valence-electron chi connectivity index (χ3n) is 4.40. The number of para-hydroxylation sites is 1. The molecular weight excluding hydrogens is 326 g/mol. The van der Waals surface area contributed by atoms with Crippen LogP contribution in [0.25, 0.3) is 21.7 Å². The largest absolute Gasteiger partial charge is 0.369 e. The van der Waals surface area contributed by atoms with Crippen LogP contribution in [0, 0.1) is 0 Å². The minimum atomic E-state index is -0.441. The van der Waals surface area contributed by atoms with Crippen molar-refractivity contribution in [3.05, 3.63) is 78.0 Å². The molecular formula is C21H17N3O2. The Morgan fingerprint density at radius 1 is 0.923 bits per heavy atom. The standard InChI is InChI=1S/C21H17N3O2/c22-20(25)11-14-6-2-4-8-17(14)24-21(26)19-12-16-15-7-3-1-5-13(15)9-10-18(16)23-19/h1-10,12,23H,11H2,(H2,22,25)(H,24,26). The molecule has 0 unspecified atom stereocenters. The number of aromatic nitrogens is 1. The summed E-state index contributed by atoms with van der Waals surface area (Å²) in [6.45, 7) is 0. The summed E-state index contributed by atoms with van der Waals surface area (Å²) in [5, 5.41) is 6.08. The number of amides is 2. The van der Waals surface area contributed by atoms with Gasteiger partial charge in [0.2, 0.25) is 5.91 Å². The van der Waals surface area contributed by atoms with Crippen LogP contribution >= 0.6 is 0 Å². The van der Waals surface area contributed by atoms with Crippen LogP contribution in [0.3, 0.4) is 0 Å². The van der Waals surface area contributed by atoms with Crippen LogP contribution in [0.1, 0.15) is 16.1 Å². The smallest absolute Gasteiger partial charge is 0.272 e. The van der Waals surface area contributed by atoms with Crippen molar-refractivity contribution in [2.75, 3.05) is 5.32 Å². The van der Waals surface area contributed by atoms with Crippen LogP contribution in [-0.2, 0) is 11.2 Å². The molecule has 0 aliphatic rings. The molecule has 0 saturated heterocycles. The predicted octanol–water partition coefficient (Wildman–Crippen LogP) is 3.60. The molecule has 128 valence electrons. The maximum atomic E-state index is 12.7. The Balaban J connectivity index is 1.69. The Hall–Kier alpha value is -3.60. The van der Waals surface area contributed by atoms with Gasteiger partial charge in [-0.3, -0.25) is 9.59 Å². The lowest BCUT2D eigenvalue weighted by molar-refractivity contribution is -0.117. The number of nitrogens with two attached hydrogens (primary N) is 1. The molecule has 26 heavy (non-hydrogen) atoms. The molecule has 0 spiro atoms. The number of primary amides is 1. The molecule has 3 aromatic carbocycles. The van der Waals surface area contributed by atoms with Gasteiger partial charge in [-0.2, -0.15) is 0 Å². The molecule has 0 aliphatic carbocycles. The van der Waals surface area contributed by atoms with E-state index in [2.05, 4.69) is 10.3 Å². The van der Waals surface area contributed by atoms with E-state index in [1.165, 1.54) is 0 Å². The van der Waals surface area contributed by atoms with Gasteiger partial charge < -0.3 is 16.0 Å². The minimum absolute atomic E-state index is 0.0772. The maximum Gasteiger partial charge on any atom is 0.272 e. The van der Waals surface area contributed by atoms with Crippen molar-refractivity contribution in [3.63, 3.8) is 0 Å². The van der Waals surface area contributed by atoms with Gasteiger partial charge in [-0.1, -0.05) is 48.5 Å². The van der Waals surface area contributed by atoms with Crippen LogP contribution < -0.4 is 11.1 Å². The van der Waals surface area contributed by atoms with Gasteiger partial charge in [-0.25, -0.2) is 0 Å². The maximum absolute atomic E-state index is 12.7. The van der Waals surface area contributed by atoms with E-state index in [0.717, 1.165) is 21.7 Å². The number of benzene rings is 3. The number of fused-ring (bicyclic) bond motifs is 3. The molecule has 2 amide bonds. The van der Waals surface area contributed by atoms with Crippen LogP contribution in [0.15, 0.2) is 66.7 Å². The van der Waals surface area contributed by atoms with E-state index in [1.54, 1.807) is 18.2 Å². The summed E-state index contributed by atoms with van der Waals surface area (Å²) in [6, 6.07) is 21.0. The highest BCUT2D eigenvalue weighted by Crippen LogP contribution is 2.26. The molecule has 5 heteroatoms. The predicted molar refractivity (Wildman–Crippen MR) is 103 cm³/mol. The SMILES string of the molecule is NC(=O)Cc1ccccc1NC(=O)c1cc2c(ccc3ccccc32)[nH]1. The van der Waals surface area contributed by atoms with Crippen molar-refractivity contribution in [1.82, 2.24) is 4.98 Å². The lowest BCUT2D eigenvalue weighted by Gasteiger charge is -2.09. The van der Waals surface area contributed by atoms with E-state index >= 15 is 0 Å². The van der Waals surface area contributed by atoms with Crippen molar-refractivity contribution in [2.24, 2.45) is 5.73 Å². The topological polar surface area (TPSA) is 88.0 Å². The number of anilines is 1. The zero-order valence-corrected chi connectivity index (χ0v) is 14.0. The van der Waals surface area contributed by atoms with E-state index in [9.17, 15) is 9.59 Å². The highest BCUT2D eigenvalue weighted by molar-refractivity contribution is 6.12. The van der Waals surface area contributed by atoms with E-state index in [-0.39, 0.29) is 12.3 Å². The summed E-state index contributed by atoms with van der Waals surface area (Å²) >= 11 is 0. The molecule has 0 atom stereocenters. The van der Waals surface area contributed by atoms with Crippen LogP contribution in [0.2, 0.25) is 0 Å². The zero-order chi connectivity index (χ0) is 18.1. The third kappa shape index (κ3) is 2.91. The van der Waals surface area contributed by atoms with Gasteiger partial charge in [-0.15, -0.1) is 0 Å². The Labute approximate surface area is 149 Å². The van der Waals surface area contributed by atoms with Crippen LogP contribution in [-0.4, -0.2) is 16.8 Å². The number of carbonyl (C=O) groups is 2. The molecule has 4 rings (SSSR count). The first-order valence-electron chi connectivity index (χ1n) is 8.30. The van der Waals surface area contributed by atoms with Gasteiger partial charge in [0, 0.05) is 16.6 Å². The van der Waals surface area contributed by atoms with Crippen molar-refractivity contribution < 1.29 is 9.59 Å². The first-order chi connectivity index (χ1) is 12.6. The molecule has 5 nitrogen and oxygen atoms in total. The molecule has 0 bridgehead atoms. The average Bonchev–Trinajstić information content (AvgIpc) is 3.08. The van der Waals surface area contributed by atoms with Gasteiger partial charge in [0.1, 0.15) is 5.69 Å². The Bertz CT molecular complexity index is 1140. The Morgan fingerprint density at radius 2 is 1.69 bits per heavy atom. The number of carbonyl (C=O) groups excluding carboxylic acids is 2. The van der Waals surface area contributed by atoms with Crippen molar-refractivity contribution in [3.8, 4) is 0 Å².